The Kier molecular flexibility index (Phi) is 5.52. The van der Waals surface area contributed by atoms with Crippen molar-refractivity contribution in [2.45, 2.75) is 52.0 Å². The number of nitrogens with zero attached hydrogens (tertiary/aromatic N) is 2. The molecule has 23 heavy (non-hydrogen) atoms. The Morgan fingerprint density at radius 1 is 1.39 bits per heavy atom. The lowest BCUT2D eigenvalue weighted by molar-refractivity contribution is -0.141. The molecular formula is C16H24N4O3. The number of piperidine rings is 1. The van der Waals surface area contributed by atoms with E-state index in [0.717, 1.165) is 12.8 Å². The molecule has 7 heteroatoms. The molecule has 126 valence electrons. The van der Waals surface area contributed by atoms with Gasteiger partial charge in [-0.25, -0.2) is 4.98 Å². The van der Waals surface area contributed by atoms with Crippen LogP contribution in [-0.2, 0) is 22.4 Å². The lowest BCUT2D eigenvalue weighted by Gasteiger charge is -2.34. The maximum Gasteiger partial charge on any atom is 0.254 e. The third-order valence-corrected chi connectivity index (χ3v) is 4.31. The van der Waals surface area contributed by atoms with Gasteiger partial charge in [-0.05, 0) is 26.2 Å². The molecule has 0 spiro atoms. The highest BCUT2D eigenvalue weighted by Gasteiger charge is 2.31. The number of carbonyl (C=O) groups excluding carboxylic acids is 2. The molecule has 1 aliphatic heterocycles. The van der Waals surface area contributed by atoms with Gasteiger partial charge in [-0.15, -0.1) is 0 Å². The van der Waals surface area contributed by atoms with Crippen molar-refractivity contribution < 1.29 is 9.59 Å². The van der Waals surface area contributed by atoms with Crippen LogP contribution in [0, 0.1) is 6.92 Å². The molecule has 1 aromatic heterocycles. The average Bonchev–Trinajstić information content (AvgIpc) is 2.56. The van der Waals surface area contributed by atoms with Crippen LogP contribution in [0.4, 0.5) is 0 Å². The van der Waals surface area contributed by atoms with Gasteiger partial charge in [0.25, 0.3) is 5.56 Å². The van der Waals surface area contributed by atoms with E-state index < -0.39 is 6.04 Å². The molecule has 1 saturated heterocycles. The van der Waals surface area contributed by atoms with Crippen molar-refractivity contribution in [1.82, 2.24) is 20.2 Å². The number of carbonyl (C=O) groups is 2. The summed E-state index contributed by atoms with van der Waals surface area (Å²) in [6, 6.07) is -0.441. The van der Waals surface area contributed by atoms with Crippen LogP contribution in [-0.4, -0.2) is 46.3 Å². The van der Waals surface area contributed by atoms with Crippen LogP contribution >= 0.6 is 0 Å². The van der Waals surface area contributed by atoms with Crippen molar-refractivity contribution in [1.29, 1.82) is 0 Å². The van der Waals surface area contributed by atoms with Crippen LogP contribution in [0.2, 0.25) is 0 Å². The summed E-state index contributed by atoms with van der Waals surface area (Å²) in [5.74, 6) is 0.269. The second-order valence-electron chi connectivity index (χ2n) is 5.82. The summed E-state index contributed by atoms with van der Waals surface area (Å²) < 4.78 is 0. The van der Waals surface area contributed by atoms with Gasteiger partial charge in [0.05, 0.1) is 6.42 Å². The monoisotopic (exact) mass is 320 g/mol. The first-order valence-corrected chi connectivity index (χ1v) is 8.07. The number of aromatic amines is 1. The Balaban J connectivity index is 2.21. The fraction of sp³-hybridized carbons (Fsp3) is 0.625. The Bertz CT molecular complexity index is 653. The second-order valence-corrected chi connectivity index (χ2v) is 5.82. The van der Waals surface area contributed by atoms with E-state index in [-0.39, 0.29) is 23.8 Å². The molecular weight excluding hydrogens is 296 g/mol. The van der Waals surface area contributed by atoms with Gasteiger partial charge in [0.15, 0.2) is 0 Å². The normalized spacial score (nSPS) is 17.9. The highest BCUT2D eigenvalue weighted by Crippen LogP contribution is 2.18. The molecule has 1 fully saturated rings. The highest BCUT2D eigenvalue weighted by atomic mass is 16.2. The number of nitrogens with one attached hydrogen (secondary N) is 2. The number of hydrogen-bond donors (Lipinski definition) is 2. The van der Waals surface area contributed by atoms with E-state index >= 15 is 0 Å². The average molecular weight is 320 g/mol. The van der Waals surface area contributed by atoms with Crippen molar-refractivity contribution in [2.24, 2.45) is 0 Å². The fourth-order valence-electron chi connectivity index (χ4n) is 2.97. The fourth-order valence-corrected chi connectivity index (χ4v) is 2.97. The van der Waals surface area contributed by atoms with E-state index in [1.165, 1.54) is 0 Å². The Morgan fingerprint density at radius 2 is 2.13 bits per heavy atom. The largest absolute Gasteiger partial charge is 0.357 e. The van der Waals surface area contributed by atoms with E-state index in [1.807, 2.05) is 6.92 Å². The minimum Gasteiger partial charge on any atom is -0.357 e. The highest BCUT2D eigenvalue weighted by molar-refractivity contribution is 5.88. The molecule has 1 aromatic rings. The van der Waals surface area contributed by atoms with Gasteiger partial charge in [-0.2, -0.15) is 0 Å². The molecule has 0 saturated carbocycles. The van der Waals surface area contributed by atoms with E-state index in [0.29, 0.717) is 36.5 Å². The summed E-state index contributed by atoms with van der Waals surface area (Å²) >= 11 is 0. The lowest BCUT2D eigenvalue weighted by atomic mass is 10.00. The molecule has 0 bridgehead atoms. The SMILES string of the molecule is CCc1nc(C)c(CC(=O)N2CCCC[C@H]2C(=O)NC)c(=O)[nH]1. The molecule has 2 heterocycles. The number of amides is 2. The number of H-pyrrole nitrogens is 1. The first kappa shape index (κ1) is 17.2. The first-order valence-electron chi connectivity index (χ1n) is 8.07. The zero-order valence-electron chi connectivity index (χ0n) is 13.9. The minimum absolute atomic E-state index is 0.0222. The summed E-state index contributed by atoms with van der Waals surface area (Å²) in [7, 11) is 1.57. The van der Waals surface area contributed by atoms with Crippen LogP contribution < -0.4 is 10.9 Å². The molecule has 0 radical (unpaired) electrons. The predicted octanol–water partition coefficient (Wildman–Crippen LogP) is 0.310. The van der Waals surface area contributed by atoms with Gasteiger partial charge in [0, 0.05) is 31.3 Å². The molecule has 2 rings (SSSR count). The number of likely N-dealkylation sites (N-methyl/N-ethyl adjacent to an activating group) is 1. The molecule has 1 aliphatic rings. The molecule has 0 unspecified atom stereocenters. The molecule has 2 N–H and O–H groups in total. The molecule has 1 atom stereocenters. The van der Waals surface area contributed by atoms with E-state index in [9.17, 15) is 14.4 Å². The number of hydrogen-bond acceptors (Lipinski definition) is 4. The zero-order chi connectivity index (χ0) is 17.0. The topological polar surface area (TPSA) is 95.2 Å². The van der Waals surface area contributed by atoms with E-state index in [2.05, 4.69) is 15.3 Å². The number of aryl methyl sites for hydroxylation is 2. The molecule has 7 nitrogen and oxygen atoms in total. The second kappa shape index (κ2) is 7.39. The van der Waals surface area contributed by atoms with Crippen LogP contribution in [0.5, 0.6) is 0 Å². The van der Waals surface area contributed by atoms with Crippen molar-refractivity contribution in [3.05, 3.63) is 27.4 Å². The van der Waals surface area contributed by atoms with Gasteiger partial charge in [0.1, 0.15) is 11.9 Å². The minimum atomic E-state index is -0.441. The summed E-state index contributed by atoms with van der Waals surface area (Å²) in [6.45, 7) is 4.20. The Hall–Kier alpha value is -2.18. The maximum absolute atomic E-state index is 12.6. The predicted molar refractivity (Wildman–Crippen MR) is 86.1 cm³/mol. The molecule has 0 aromatic carbocycles. The quantitative estimate of drug-likeness (QED) is 0.835. The Morgan fingerprint density at radius 3 is 2.74 bits per heavy atom. The standard InChI is InChI=1S/C16H24N4O3/c1-4-13-18-10(2)11(15(22)19-13)9-14(21)20-8-6-5-7-12(20)16(23)17-3/h12H,4-9H2,1-3H3,(H,17,23)(H,18,19,22)/t12-/m0/s1. The van der Waals surface area contributed by atoms with Gasteiger partial charge in [-0.1, -0.05) is 6.92 Å². The van der Waals surface area contributed by atoms with Gasteiger partial charge >= 0.3 is 0 Å². The van der Waals surface area contributed by atoms with Crippen LogP contribution in [0.25, 0.3) is 0 Å². The zero-order valence-corrected chi connectivity index (χ0v) is 13.9. The maximum atomic E-state index is 12.6. The first-order chi connectivity index (χ1) is 11.0. The van der Waals surface area contributed by atoms with Crippen LogP contribution in [0.3, 0.4) is 0 Å². The van der Waals surface area contributed by atoms with Crippen LogP contribution in [0.15, 0.2) is 4.79 Å². The molecule has 0 aliphatic carbocycles. The third-order valence-electron chi connectivity index (χ3n) is 4.31. The molecule has 2 amide bonds. The Labute approximate surface area is 135 Å². The summed E-state index contributed by atoms with van der Waals surface area (Å²) in [5, 5.41) is 2.61. The van der Waals surface area contributed by atoms with E-state index in [4.69, 9.17) is 0 Å². The third kappa shape index (κ3) is 3.78. The van der Waals surface area contributed by atoms with E-state index in [1.54, 1.807) is 18.9 Å². The lowest BCUT2D eigenvalue weighted by Crippen LogP contribution is -2.52. The smallest absolute Gasteiger partial charge is 0.254 e. The number of rotatable bonds is 4. The number of likely N-dealkylation sites (tertiary alicyclic amines) is 1. The van der Waals surface area contributed by atoms with Crippen molar-refractivity contribution in [3.63, 3.8) is 0 Å². The van der Waals surface area contributed by atoms with Crippen molar-refractivity contribution in [2.75, 3.05) is 13.6 Å². The van der Waals surface area contributed by atoms with Gasteiger partial charge in [-0.3, -0.25) is 14.4 Å². The van der Waals surface area contributed by atoms with Gasteiger partial charge in [0.2, 0.25) is 11.8 Å². The van der Waals surface area contributed by atoms with Crippen molar-refractivity contribution >= 4 is 11.8 Å². The summed E-state index contributed by atoms with van der Waals surface area (Å²) in [6.07, 6.45) is 3.07. The summed E-state index contributed by atoms with van der Waals surface area (Å²) in [5.41, 5.74) is 0.692. The number of aromatic nitrogens is 2. The summed E-state index contributed by atoms with van der Waals surface area (Å²) in [4.78, 5) is 45.4. The van der Waals surface area contributed by atoms with Crippen LogP contribution in [0.1, 0.15) is 43.3 Å². The van der Waals surface area contributed by atoms with Crippen molar-refractivity contribution in [3.8, 4) is 0 Å². The van der Waals surface area contributed by atoms with Gasteiger partial charge < -0.3 is 15.2 Å².